The highest BCUT2D eigenvalue weighted by atomic mass is 16.5. The van der Waals surface area contributed by atoms with Crippen LogP contribution in [0.15, 0.2) is 29.0 Å². The normalized spacial score (nSPS) is 26.6. The predicted octanol–water partition coefficient (Wildman–Crippen LogP) is 1.61. The van der Waals surface area contributed by atoms with Gasteiger partial charge in [-0.1, -0.05) is 12.1 Å². The van der Waals surface area contributed by atoms with E-state index in [2.05, 4.69) is 21.7 Å². The van der Waals surface area contributed by atoms with Gasteiger partial charge in [0.25, 0.3) is 5.91 Å². The molecule has 1 saturated carbocycles. The van der Waals surface area contributed by atoms with Crippen molar-refractivity contribution < 1.29 is 13.9 Å². The van der Waals surface area contributed by atoms with Crippen molar-refractivity contribution in [2.75, 3.05) is 13.2 Å². The predicted molar refractivity (Wildman–Crippen MR) is 86.0 cm³/mol. The van der Waals surface area contributed by atoms with E-state index in [0.29, 0.717) is 30.1 Å². The average molecular weight is 325 g/mol. The molecule has 1 amide bonds. The minimum Gasteiger partial charge on any atom is -0.493 e. The molecule has 24 heavy (non-hydrogen) atoms. The van der Waals surface area contributed by atoms with Gasteiger partial charge in [0.05, 0.1) is 6.61 Å². The van der Waals surface area contributed by atoms with Crippen LogP contribution in [-0.2, 0) is 13.0 Å². The summed E-state index contributed by atoms with van der Waals surface area (Å²) in [6, 6.07) is 6.50. The van der Waals surface area contributed by atoms with E-state index in [1.54, 1.807) is 0 Å². The molecule has 0 spiro atoms. The first-order valence-electron chi connectivity index (χ1n) is 8.49. The largest absolute Gasteiger partial charge is 0.493 e. The number of ether oxygens (including phenoxy) is 1. The molecule has 6 rings (SSSR count). The summed E-state index contributed by atoms with van der Waals surface area (Å²) in [5, 5.41) is 6.41. The van der Waals surface area contributed by atoms with Crippen LogP contribution in [0.2, 0.25) is 0 Å². The lowest BCUT2D eigenvalue weighted by Crippen LogP contribution is -2.36. The van der Waals surface area contributed by atoms with Crippen LogP contribution in [0.4, 0.5) is 0 Å². The molecule has 1 aromatic carbocycles. The third-order valence-corrected chi connectivity index (χ3v) is 5.46. The van der Waals surface area contributed by atoms with E-state index in [9.17, 15) is 4.79 Å². The number of aromatic nitrogens is 1. The maximum atomic E-state index is 12.5. The summed E-state index contributed by atoms with van der Waals surface area (Å²) in [6.07, 6.45) is 3.49. The van der Waals surface area contributed by atoms with Crippen LogP contribution in [0.1, 0.15) is 39.7 Å². The molecule has 6 nitrogen and oxygen atoms in total. The maximum absolute atomic E-state index is 12.5. The number of nitrogens with zero attached hydrogens (tertiary/aromatic N) is 1. The third kappa shape index (κ3) is 2.13. The Balaban J connectivity index is 1.29. The lowest BCUT2D eigenvalue weighted by molar-refractivity contribution is 0.0941. The fourth-order valence-electron chi connectivity index (χ4n) is 4.15. The van der Waals surface area contributed by atoms with E-state index < -0.39 is 0 Å². The molecule has 2 aromatic rings. The first-order chi connectivity index (χ1) is 11.8. The number of amides is 1. The molecular formula is C18H19N3O3. The third-order valence-electron chi connectivity index (χ3n) is 5.46. The highest BCUT2D eigenvalue weighted by molar-refractivity contribution is 5.93. The Morgan fingerprint density at radius 2 is 2.38 bits per heavy atom. The van der Waals surface area contributed by atoms with E-state index >= 15 is 0 Å². The molecule has 3 atom stereocenters. The van der Waals surface area contributed by atoms with Crippen molar-refractivity contribution in [3.8, 4) is 5.75 Å². The van der Waals surface area contributed by atoms with Gasteiger partial charge in [0.2, 0.25) is 0 Å². The second-order valence-electron chi connectivity index (χ2n) is 6.82. The molecule has 3 unspecified atom stereocenters. The summed E-state index contributed by atoms with van der Waals surface area (Å²) in [4.78, 5) is 16.7. The highest BCUT2D eigenvalue weighted by Crippen LogP contribution is 2.47. The zero-order chi connectivity index (χ0) is 16.1. The van der Waals surface area contributed by atoms with Gasteiger partial charge in [0, 0.05) is 24.9 Å². The number of hydrogen-bond donors (Lipinski definition) is 2. The molecule has 1 aromatic heterocycles. The van der Waals surface area contributed by atoms with Gasteiger partial charge in [0.15, 0.2) is 12.1 Å². The van der Waals surface area contributed by atoms with Crippen LogP contribution in [0.25, 0.3) is 0 Å². The summed E-state index contributed by atoms with van der Waals surface area (Å²) in [6.45, 7) is 2.23. The molecule has 3 aliphatic heterocycles. The van der Waals surface area contributed by atoms with Gasteiger partial charge in [-0.2, -0.15) is 0 Å². The monoisotopic (exact) mass is 325 g/mol. The zero-order valence-electron chi connectivity index (χ0n) is 13.2. The molecule has 3 fully saturated rings. The average Bonchev–Trinajstić information content (AvgIpc) is 3.34. The van der Waals surface area contributed by atoms with E-state index in [-0.39, 0.29) is 5.91 Å². The summed E-state index contributed by atoms with van der Waals surface area (Å²) in [7, 11) is 0. The van der Waals surface area contributed by atoms with Gasteiger partial charge in [-0.05, 0) is 36.1 Å². The Morgan fingerprint density at radius 1 is 1.42 bits per heavy atom. The van der Waals surface area contributed by atoms with Crippen LogP contribution < -0.4 is 15.4 Å². The van der Waals surface area contributed by atoms with E-state index in [4.69, 9.17) is 9.15 Å². The first-order valence-corrected chi connectivity index (χ1v) is 8.49. The SMILES string of the molecule is O=C(NCc1ccc2c(c1)CCO2)c1ncoc1C1C2CNC1C2. The van der Waals surface area contributed by atoms with E-state index in [0.717, 1.165) is 36.6 Å². The molecule has 124 valence electrons. The molecule has 0 radical (unpaired) electrons. The fraction of sp³-hybridized carbons (Fsp3) is 0.444. The number of rotatable bonds is 4. The van der Waals surface area contributed by atoms with E-state index in [1.165, 1.54) is 18.4 Å². The lowest BCUT2D eigenvalue weighted by atomic mass is 9.72. The van der Waals surface area contributed by atoms with Crippen molar-refractivity contribution in [2.24, 2.45) is 5.92 Å². The number of carbonyl (C=O) groups excluding carboxylic acids is 1. The number of oxazole rings is 1. The Bertz CT molecular complexity index is 787. The van der Waals surface area contributed by atoms with Crippen LogP contribution in [0.5, 0.6) is 5.75 Å². The molecule has 2 saturated heterocycles. The molecule has 4 aliphatic rings. The Kier molecular flexibility index (Phi) is 3.13. The van der Waals surface area contributed by atoms with Crippen molar-refractivity contribution in [2.45, 2.75) is 31.3 Å². The summed E-state index contributed by atoms with van der Waals surface area (Å²) < 4.78 is 11.1. The summed E-state index contributed by atoms with van der Waals surface area (Å²) >= 11 is 0. The highest BCUT2D eigenvalue weighted by Gasteiger charge is 2.50. The summed E-state index contributed by atoms with van der Waals surface area (Å²) in [5.74, 6) is 2.40. The number of hydrogen-bond acceptors (Lipinski definition) is 5. The van der Waals surface area contributed by atoms with Crippen molar-refractivity contribution in [3.63, 3.8) is 0 Å². The Morgan fingerprint density at radius 3 is 3.21 bits per heavy atom. The van der Waals surface area contributed by atoms with Gasteiger partial charge in [-0.25, -0.2) is 4.98 Å². The van der Waals surface area contributed by atoms with Crippen LogP contribution >= 0.6 is 0 Å². The van der Waals surface area contributed by atoms with E-state index in [1.807, 2.05) is 12.1 Å². The molecule has 4 heterocycles. The second kappa shape index (κ2) is 5.34. The van der Waals surface area contributed by atoms with Crippen molar-refractivity contribution >= 4 is 5.91 Å². The Labute approximate surface area is 139 Å². The smallest absolute Gasteiger partial charge is 0.273 e. The number of nitrogens with one attached hydrogen (secondary N) is 2. The summed E-state index contributed by atoms with van der Waals surface area (Å²) in [5.41, 5.74) is 2.71. The number of fused-ring (bicyclic) bond motifs is 2. The number of carbonyl (C=O) groups is 1. The minimum atomic E-state index is -0.165. The van der Waals surface area contributed by atoms with Crippen LogP contribution in [-0.4, -0.2) is 30.1 Å². The standard InChI is InChI=1S/C18H19N3O3/c22-18(20-7-10-1-2-14-11(5-10)3-4-23-14)16-17(24-9-21-16)15-12-6-13(15)19-8-12/h1-2,5,9,12-13,15,19H,3-4,6-8H2,(H,20,22). The zero-order valence-corrected chi connectivity index (χ0v) is 13.2. The second-order valence-corrected chi connectivity index (χ2v) is 6.82. The van der Waals surface area contributed by atoms with Gasteiger partial charge in [0.1, 0.15) is 11.5 Å². The fourth-order valence-corrected chi connectivity index (χ4v) is 4.15. The number of benzene rings is 1. The van der Waals surface area contributed by atoms with Crippen molar-refractivity contribution in [1.82, 2.24) is 15.6 Å². The molecular weight excluding hydrogens is 306 g/mol. The molecule has 6 heteroatoms. The van der Waals surface area contributed by atoms with Crippen molar-refractivity contribution in [3.05, 3.63) is 47.2 Å². The Hall–Kier alpha value is -2.34. The lowest BCUT2D eigenvalue weighted by Gasteiger charge is -2.32. The molecule has 2 N–H and O–H groups in total. The molecule has 1 aliphatic carbocycles. The van der Waals surface area contributed by atoms with Crippen molar-refractivity contribution in [1.29, 1.82) is 0 Å². The minimum absolute atomic E-state index is 0.165. The van der Waals surface area contributed by atoms with Crippen LogP contribution in [0.3, 0.4) is 0 Å². The van der Waals surface area contributed by atoms with Gasteiger partial charge in [-0.15, -0.1) is 0 Å². The molecule has 2 bridgehead atoms. The van der Waals surface area contributed by atoms with Gasteiger partial charge < -0.3 is 19.8 Å². The maximum Gasteiger partial charge on any atom is 0.273 e. The van der Waals surface area contributed by atoms with Crippen LogP contribution in [0, 0.1) is 5.92 Å². The van der Waals surface area contributed by atoms with Gasteiger partial charge in [-0.3, -0.25) is 4.79 Å². The van der Waals surface area contributed by atoms with Gasteiger partial charge >= 0.3 is 0 Å². The topological polar surface area (TPSA) is 76.4 Å². The first kappa shape index (κ1) is 14.0. The quantitative estimate of drug-likeness (QED) is 0.893.